The van der Waals surface area contributed by atoms with Crippen molar-refractivity contribution in [3.05, 3.63) is 43.2 Å². The van der Waals surface area contributed by atoms with Crippen LogP contribution in [0.2, 0.25) is 0 Å². The van der Waals surface area contributed by atoms with Gasteiger partial charge in [-0.25, -0.2) is 0 Å². The topological polar surface area (TPSA) is 38.3 Å². The molecule has 0 aliphatic carbocycles. The minimum absolute atomic E-state index is 0.0459. The van der Waals surface area contributed by atoms with Crippen molar-refractivity contribution < 1.29 is 9.53 Å². The Balaban J connectivity index is 1.79. The molecule has 1 fully saturated rings. The summed E-state index contributed by atoms with van der Waals surface area (Å²) in [5, 5.41) is 5.29. The second-order valence-corrected chi connectivity index (χ2v) is 8.45. The molecule has 2 aromatic heterocycles. The molecular weight excluding hydrogens is 370 g/mol. The first-order valence-corrected chi connectivity index (χ1v) is 9.43. The Kier molecular flexibility index (Phi) is 5.11. The van der Waals surface area contributed by atoms with Crippen molar-refractivity contribution in [1.29, 1.82) is 0 Å². The number of piperidine rings is 1. The highest BCUT2D eigenvalue weighted by atomic mass is 79.9. The van der Waals surface area contributed by atoms with Crippen LogP contribution in [0.15, 0.2) is 33.4 Å². The molecule has 2 aromatic rings. The minimum atomic E-state index is -0.295. The Bertz CT molecular complexity index is 591. The van der Waals surface area contributed by atoms with Crippen LogP contribution in [0.3, 0.4) is 0 Å². The normalized spacial score (nSPS) is 17.6. The molecule has 1 atom stereocenters. The molecule has 0 radical (unpaired) electrons. The average Bonchev–Trinajstić information content (AvgIpc) is 3.13. The number of ether oxygens (including phenoxy) is 1. The second-order valence-electron chi connectivity index (χ2n) is 4.98. The third kappa shape index (κ3) is 3.74. The molecule has 1 unspecified atom stereocenters. The smallest absolute Gasteiger partial charge is 0.319 e. The summed E-state index contributed by atoms with van der Waals surface area (Å²) in [5.74, 6) is -0.421. The molecule has 1 saturated heterocycles. The number of esters is 1. The highest BCUT2D eigenvalue weighted by Crippen LogP contribution is 2.36. The highest BCUT2D eigenvalue weighted by molar-refractivity contribution is 9.11. The van der Waals surface area contributed by atoms with Crippen LogP contribution in [0, 0.1) is 0 Å². The van der Waals surface area contributed by atoms with Crippen molar-refractivity contribution in [2.75, 3.05) is 13.1 Å². The molecule has 0 aromatic carbocycles. The standard InChI is InChI=1S/C15H16BrNO2S2/c16-13-4-3-12(21-13)14(11-2-1-9-20-11)15(18)19-10-5-7-17-8-6-10/h1-4,9-10,14,17H,5-8H2. The minimum Gasteiger partial charge on any atom is -0.462 e. The number of hydrogen-bond acceptors (Lipinski definition) is 5. The predicted octanol–water partition coefficient (Wildman–Crippen LogP) is 4.00. The van der Waals surface area contributed by atoms with Crippen molar-refractivity contribution in [3.63, 3.8) is 0 Å². The third-order valence-corrected chi connectivity index (χ3v) is 6.14. The van der Waals surface area contributed by atoms with E-state index >= 15 is 0 Å². The van der Waals surface area contributed by atoms with Crippen molar-refractivity contribution in [1.82, 2.24) is 5.32 Å². The maximum absolute atomic E-state index is 12.7. The lowest BCUT2D eigenvalue weighted by Gasteiger charge is -2.24. The molecule has 0 bridgehead atoms. The second kappa shape index (κ2) is 7.05. The Labute approximate surface area is 140 Å². The zero-order chi connectivity index (χ0) is 14.7. The fraction of sp³-hybridized carbons (Fsp3) is 0.400. The van der Waals surface area contributed by atoms with Crippen LogP contribution < -0.4 is 5.32 Å². The molecule has 1 aliphatic heterocycles. The first-order chi connectivity index (χ1) is 10.2. The summed E-state index contributed by atoms with van der Waals surface area (Å²) >= 11 is 6.67. The van der Waals surface area contributed by atoms with Crippen molar-refractivity contribution in [3.8, 4) is 0 Å². The maximum atomic E-state index is 12.7. The quantitative estimate of drug-likeness (QED) is 0.808. The van der Waals surface area contributed by atoms with Crippen molar-refractivity contribution >= 4 is 44.6 Å². The van der Waals surface area contributed by atoms with Gasteiger partial charge in [0.15, 0.2) is 0 Å². The summed E-state index contributed by atoms with van der Waals surface area (Å²) in [5.41, 5.74) is 0. The van der Waals surface area contributed by atoms with Gasteiger partial charge in [0.05, 0.1) is 3.79 Å². The Morgan fingerprint density at radius 3 is 2.71 bits per heavy atom. The number of halogens is 1. The van der Waals surface area contributed by atoms with Gasteiger partial charge in [-0.05, 0) is 65.4 Å². The highest BCUT2D eigenvalue weighted by Gasteiger charge is 2.29. The van der Waals surface area contributed by atoms with E-state index in [1.54, 1.807) is 22.7 Å². The van der Waals surface area contributed by atoms with Gasteiger partial charge in [0.1, 0.15) is 12.0 Å². The van der Waals surface area contributed by atoms with Gasteiger partial charge in [-0.1, -0.05) is 6.07 Å². The SMILES string of the molecule is O=C(OC1CCNCC1)C(c1cccs1)c1ccc(Br)s1. The Morgan fingerprint density at radius 2 is 2.10 bits per heavy atom. The molecule has 1 aliphatic rings. The molecule has 0 saturated carbocycles. The van der Waals surface area contributed by atoms with Gasteiger partial charge in [0, 0.05) is 9.75 Å². The average molecular weight is 386 g/mol. The lowest BCUT2D eigenvalue weighted by Crippen LogP contribution is -2.34. The van der Waals surface area contributed by atoms with E-state index in [9.17, 15) is 4.79 Å². The molecular formula is C15H16BrNO2S2. The van der Waals surface area contributed by atoms with Crippen LogP contribution in [-0.4, -0.2) is 25.2 Å². The molecule has 3 rings (SSSR count). The van der Waals surface area contributed by atoms with E-state index in [0.717, 1.165) is 39.5 Å². The number of carbonyl (C=O) groups is 1. The molecule has 3 nitrogen and oxygen atoms in total. The zero-order valence-electron chi connectivity index (χ0n) is 11.4. The Morgan fingerprint density at radius 1 is 1.29 bits per heavy atom. The van der Waals surface area contributed by atoms with E-state index in [0.29, 0.717) is 0 Å². The van der Waals surface area contributed by atoms with Gasteiger partial charge in [-0.3, -0.25) is 4.79 Å². The van der Waals surface area contributed by atoms with Gasteiger partial charge in [0.2, 0.25) is 0 Å². The molecule has 6 heteroatoms. The maximum Gasteiger partial charge on any atom is 0.319 e. The van der Waals surface area contributed by atoms with Gasteiger partial charge < -0.3 is 10.1 Å². The first kappa shape index (κ1) is 15.2. The largest absolute Gasteiger partial charge is 0.462 e. The van der Waals surface area contributed by atoms with Crippen LogP contribution in [-0.2, 0) is 9.53 Å². The molecule has 0 amide bonds. The van der Waals surface area contributed by atoms with Crippen LogP contribution >= 0.6 is 38.6 Å². The molecule has 0 spiro atoms. The zero-order valence-corrected chi connectivity index (χ0v) is 14.6. The van der Waals surface area contributed by atoms with E-state index in [4.69, 9.17) is 4.74 Å². The molecule has 21 heavy (non-hydrogen) atoms. The van der Waals surface area contributed by atoms with E-state index in [2.05, 4.69) is 21.2 Å². The van der Waals surface area contributed by atoms with E-state index in [-0.39, 0.29) is 18.0 Å². The van der Waals surface area contributed by atoms with Crippen molar-refractivity contribution in [2.24, 2.45) is 0 Å². The van der Waals surface area contributed by atoms with Crippen LogP contribution in [0.4, 0.5) is 0 Å². The Hall–Kier alpha value is -0.690. The summed E-state index contributed by atoms with van der Waals surface area (Å²) in [7, 11) is 0. The number of hydrogen-bond donors (Lipinski definition) is 1. The number of thiophene rings is 2. The molecule has 112 valence electrons. The van der Waals surface area contributed by atoms with Crippen LogP contribution in [0.1, 0.15) is 28.5 Å². The molecule has 1 N–H and O–H groups in total. The molecule has 3 heterocycles. The fourth-order valence-corrected chi connectivity index (χ4v) is 4.89. The number of carbonyl (C=O) groups excluding carboxylic acids is 1. The van der Waals surface area contributed by atoms with E-state index in [1.165, 1.54) is 0 Å². The number of nitrogens with one attached hydrogen (secondary N) is 1. The summed E-state index contributed by atoms with van der Waals surface area (Å²) in [4.78, 5) is 14.8. The van der Waals surface area contributed by atoms with Gasteiger partial charge >= 0.3 is 5.97 Å². The summed E-state index contributed by atoms with van der Waals surface area (Å²) in [6.07, 6.45) is 1.85. The van der Waals surface area contributed by atoms with Crippen molar-refractivity contribution in [2.45, 2.75) is 24.9 Å². The van der Waals surface area contributed by atoms with E-state index in [1.807, 2.05) is 29.6 Å². The van der Waals surface area contributed by atoms with Gasteiger partial charge in [0.25, 0.3) is 0 Å². The van der Waals surface area contributed by atoms with E-state index < -0.39 is 0 Å². The predicted molar refractivity (Wildman–Crippen MR) is 90.2 cm³/mol. The summed E-state index contributed by atoms with van der Waals surface area (Å²) in [6, 6.07) is 7.97. The van der Waals surface area contributed by atoms with Gasteiger partial charge in [-0.2, -0.15) is 0 Å². The summed E-state index contributed by atoms with van der Waals surface area (Å²) in [6.45, 7) is 1.85. The van der Waals surface area contributed by atoms with Crippen LogP contribution in [0.25, 0.3) is 0 Å². The monoisotopic (exact) mass is 385 g/mol. The fourth-order valence-electron chi connectivity index (χ4n) is 2.46. The van der Waals surface area contributed by atoms with Gasteiger partial charge in [-0.15, -0.1) is 22.7 Å². The number of rotatable bonds is 4. The van der Waals surface area contributed by atoms with Crippen LogP contribution in [0.5, 0.6) is 0 Å². The third-order valence-electron chi connectivity index (χ3n) is 3.51. The summed E-state index contributed by atoms with van der Waals surface area (Å²) < 4.78 is 6.80. The lowest BCUT2D eigenvalue weighted by molar-refractivity contribution is -0.150. The lowest BCUT2D eigenvalue weighted by atomic mass is 10.1. The first-order valence-electron chi connectivity index (χ1n) is 6.94.